The van der Waals surface area contributed by atoms with Crippen molar-refractivity contribution < 1.29 is 18.6 Å². The van der Waals surface area contributed by atoms with Crippen molar-refractivity contribution >= 4 is 6.96 Å². The molecule has 5 heteroatoms. The van der Waals surface area contributed by atoms with Gasteiger partial charge in [-0.05, 0) is 0 Å². The summed E-state index contributed by atoms with van der Waals surface area (Å²) < 4.78 is 22.4. The summed E-state index contributed by atoms with van der Waals surface area (Å²) in [6, 6.07) is 0. The summed E-state index contributed by atoms with van der Waals surface area (Å²) in [7, 11) is 0. The Hall–Kier alpha value is -0.0951. The van der Waals surface area contributed by atoms with Crippen molar-refractivity contribution in [1.29, 1.82) is 0 Å². The molecule has 0 saturated carbocycles. The smallest absolute Gasteiger partial charge is 0.518 e. The van der Waals surface area contributed by atoms with Crippen molar-refractivity contribution in [1.82, 2.24) is 0 Å². The first-order valence-electron chi connectivity index (χ1n) is 5.51. The van der Waals surface area contributed by atoms with E-state index in [1.165, 1.54) is 0 Å². The van der Waals surface area contributed by atoms with Crippen LogP contribution in [0.25, 0.3) is 0 Å². The van der Waals surface area contributed by atoms with Crippen molar-refractivity contribution in [3.63, 3.8) is 0 Å². The van der Waals surface area contributed by atoms with E-state index in [4.69, 9.17) is 18.6 Å². The fraction of sp³-hybridized carbons (Fsp3) is 1.00. The molecule has 0 N–H and O–H groups in total. The van der Waals surface area contributed by atoms with E-state index >= 15 is 0 Å². The Labute approximate surface area is 91.3 Å². The van der Waals surface area contributed by atoms with E-state index in [0.29, 0.717) is 26.4 Å². The summed E-state index contributed by atoms with van der Waals surface area (Å²) in [4.78, 5) is 0. The lowest BCUT2D eigenvalue weighted by atomic mass is 9.86. The number of hydrogen-bond donors (Lipinski definition) is 0. The maximum absolute atomic E-state index is 5.61. The first-order valence-corrected chi connectivity index (χ1v) is 5.51. The Morgan fingerprint density at radius 3 is 1.20 bits per heavy atom. The second-order valence-corrected chi connectivity index (χ2v) is 6.15. The van der Waals surface area contributed by atoms with Crippen molar-refractivity contribution in [3.8, 4) is 0 Å². The van der Waals surface area contributed by atoms with Gasteiger partial charge in [0.1, 0.15) is 0 Å². The molecule has 15 heavy (non-hydrogen) atoms. The van der Waals surface area contributed by atoms with E-state index in [0.717, 1.165) is 0 Å². The second kappa shape index (κ2) is 3.45. The van der Waals surface area contributed by atoms with Gasteiger partial charge < -0.3 is 18.6 Å². The number of rotatable bonds is 0. The largest absolute Gasteiger partial charge is 0.531 e. The molecule has 0 aromatic carbocycles. The van der Waals surface area contributed by atoms with Crippen molar-refractivity contribution in [2.75, 3.05) is 26.4 Å². The molecular formula is C10H20BO4-. The molecule has 0 atom stereocenters. The molecule has 2 saturated heterocycles. The first kappa shape index (κ1) is 11.4. The van der Waals surface area contributed by atoms with Gasteiger partial charge >= 0.3 is 6.96 Å². The predicted octanol–water partition coefficient (Wildman–Crippen LogP) is 1.57. The van der Waals surface area contributed by atoms with Crippen LogP contribution < -0.4 is 0 Å². The molecule has 0 aliphatic carbocycles. The van der Waals surface area contributed by atoms with Crippen LogP contribution in [0.15, 0.2) is 0 Å². The molecule has 0 aromatic rings. The topological polar surface area (TPSA) is 36.9 Å². The molecule has 2 heterocycles. The van der Waals surface area contributed by atoms with Gasteiger partial charge in [-0.2, -0.15) is 0 Å². The van der Waals surface area contributed by atoms with Gasteiger partial charge in [0.2, 0.25) is 0 Å². The Morgan fingerprint density at radius 2 is 0.933 bits per heavy atom. The van der Waals surface area contributed by atoms with Crippen LogP contribution in [0.5, 0.6) is 0 Å². The van der Waals surface area contributed by atoms with Crippen LogP contribution in [0, 0.1) is 10.8 Å². The Bertz CT molecular complexity index is 202. The molecule has 0 radical (unpaired) electrons. The summed E-state index contributed by atoms with van der Waals surface area (Å²) in [5.74, 6) is 0. The van der Waals surface area contributed by atoms with Gasteiger partial charge in [-0.1, -0.05) is 27.7 Å². The summed E-state index contributed by atoms with van der Waals surface area (Å²) >= 11 is 0. The van der Waals surface area contributed by atoms with Crippen LogP contribution in [-0.4, -0.2) is 33.4 Å². The van der Waals surface area contributed by atoms with Gasteiger partial charge in [-0.25, -0.2) is 0 Å². The zero-order chi connectivity index (χ0) is 11.2. The molecule has 0 unspecified atom stereocenters. The fourth-order valence-electron chi connectivity index (χ4n) is 1.68. The summed E-state index contributed by atoms with van der Waals surface area (Å²) in [5.41, 5.74) is 0.0966. The lowest BCUT2D eigenvalue weighted by molar-refractivity contribution is -0.146. The lowest BCUT2D eigenvalue weighted by Gasteiger charge is -2.54. The van der Waals surface area contributed by atoms with Gasteiger partial charge in [0.05, 0.1) is 0 Å². The van der Waals surface area contributed by atoms with Crippen LogP contribution in [0.3, 0.4) is 0 Å². The summed E-state index contributed by atoms with van der Waals surface area (Å²) in [5, 5.41) is 0. The van der Waals surface area contributed by atoms with Gasteiger partial charge in [0.15, 0.2) is 0 Å². The molecule has 2 rings (SSSR count). The molecule has 0 amide bonds. The normalized spacial score (nSPS) is 32.8. The van der Waals surface area contributed by atoms with Crippen molar-refractivity contribution in [3.05, 3.63) is 0 Å². The molecular weight excluding hydrogens is 195 g/mol. The van der Waals surface area contributed by atoms with Crippen LogP contribution in [0.2, 0.25) is 0 Å². The first-order chi connectivity index (χ1) is 6.83. The van der Waals surface area contributed by atoms with Crippen LogP contribution in [0.4, 0.5) is 0 Å². The van der Waals surface area contributed by atoms with Gasteiger partial charge in [0, 0.05) is 37.3 Å². The predicted molar refractivity (Wildman–Crippen MR) is 57.1 cm³/mol. The highest BCUT2D eigenvalue weighted by molar-refractivity contribution is 6.53. The highest BCUT2D eigenvalue weighted by atomic mass is 16.9. The molecule has 2 fully saturated rings. The van der Waals surface area contributed by atoms with Crippen molar-refractivity contribution in [2.45, 2.75) is 27.7 Å². The van der Waals surface area contributed by atoms with Gasteiger partial charge in [-0.3, -0.25) is 0 Å². The maximum atomic E-state index is 5.61. The quantitative estimate of drug-likeness (QED) is 0.574. The second-order valence-electron chi connectivity index (χ2n) is 6.15. The van der Waals surface area contributed by atoms with Gasteiger partial charge in [0.25, 0.3) is 0 Å². The van der Waals surface area contributed by atoms with E-state index in [2.05, 4.69) is 27.7 Å². The van der Waals surface area contributed by atoms with E-state index in [1.807, 2.05) is 0 Å². The Balaban J connectivity index is 1.95. The highest BCUT2D eigenvalue weighted by Crippen LogP contribution is 2.33. The minimum atomic E-state index is -1.91. The molecule has 1 spiro atoms. The highest BCUT2D eigenvalue weighted by Gasteiger charge is 2.44. The third-order valence-electron chi connectivity index (χ3n) is 2.71. The van der Waals surface area contributed by atoms with Crippen molar-refractivity contribution in [2.24, 2.45) is 10.8 Å². The molecule has 0 bridgehead atoms. The monoisotopic (exact) mass is 215 g/mol. The minimum absolute atomic E-state index is 0.0483. The standard InChI is InChI=1S/C10H20BO4/c1-9(2)5-12-11(13-6-9)14-7-10(3,4)8-15-11/h5-8H2,1-4H3/q-1. The average Bonchev–Trinajstić information content (AvgIpc) is 2.15. The Kier molecular flexibility index (Phi) is 2.62. The zero-order valence-corrected chi connectivity index (χ0v) is 10.0. The summed E-state index contributed by atoms with van der Waals surface area (Å²) in [6.45, 7) is 8.96. The zero-order valence-electron chi connectivity index (χ0n) is 10.0. The molecule has 2 aliphatic heterocycles. The van der Waals surface area contributed by atoms with E-state index in [9.17, 15) is 0 Å². The third kappa shape index (κ3) is 2.53. The van der Waals surface area contributed by atoms with E-state index in [1.54, 1.807) is 0 Å². The lowest BCUT2D eigenvalue weighted by Crippen LogP contribution is -2.61. The van der Waals surface area contributed by atoms with E-state index in [-0.39, 0.29) is 10.8 Å². The average molecular weight is 215 g/mol. The third-order valence-corrected chi connectivity index (χ3v) is 2.71. The van der Waals surface area contributed by atoms with Crippen LogP contribution >= 0.6 is 0 Å². The maximum Gasteiger partial charge on any atom is 0.531 e. The van der Waals surface area contributed by atoms with Crippen LogP contribution in [-0.2, 0) is 18.6 Å². The Morgan fingerprint density at radius 1 is 0.667 bits per heavy atom. The molecule has 88 valence electrons. The molecule has 0 aromatic heterocycles. The molecule has 4 nitrogen and oxygen atoms in total. The minimum Gasteiger partial charge on any atom is -0.518 e. The van der Waals surface area contributed by atoms with E-state index < -0.39 is 6.96 Å². The molecule has 2 aliphatic rings. The fourth-order valence-corrected chi connectivity index (χ4v) is 1.68. The SMILES string of the molecule is CC1(C)CO[B-]2(OC1)OCC(C)(C)CO2. The van der Waals surface area contributed by atoms with Gasteiger partial charge in [-0.15, -0.1) is 0 Å². The number of hydrogen-bond acceptors (Lipinski definition) is 4. The summed E-state index contributed by atoms with van der Waals surface area (Å²) in [6.07, 6.45) is 0. The van der Waals surface area contributed by atoms with Crippen LogP contribution in [0.1, 0.15) is 27.7 Å².